The second-order valence-electron chi connectivity index (χ2n) is 6.45. The van der Waals surface area contributed by atoms with Crippen LogP contribution in [-0.4, -0.2) is 25.0 Å². The van der Waals surface area contributed by atoms with Crippen LogP contribution in [0, 0.1) is 17.6 Å². The van der Waals surface area contributed by atoms with Gasteiger partial charge in [-0.1, -0.05) is 12.5 Å². The van der Waals surface area contributed by atoms with Crippen LogP contribution >= 0.6 is 12.4 Å². The van der Waals surface area contributed by atoms with Gasteiger partial charge in [-0.05, 0) is 49.4 Å². The lowest BCUT2D eigenvalue weighted by Crippen LogP contribution is -2.50. The van der Waals surface area contributed by atoms with E-state index in [2.05, 4.69) is 10.6 Å². The highest BCUT2D eigenvalue weighted by Gasteiger charge is 2.29. The molecule has 2 unspecified atom stereocenters. The SMILES string of the molecule is Cl.O=C(CC1CCC1)NC1CNCCC1c1ccc(F)c(F)c1. The van der Waals surface area contributed by atoms with Crippen molar-refractivity contribution in [2.75, 3.05) is 13.1 Å². The highest BCUT2D eigenvalue weighted by atomic mass is 35.5. The summed E-state index contributed by atoms with van der Waals surface area (Å²) in [6, 6.07) is 3.99. The molecule has 2 atom stereocenters. The maximum atomic E-state index is 13.5. The molecule has 1 aromatic rings. The zero-order chi connectivity index (χ0) is 15.5. The molecule has 2 fully saturated rings. The van der Waals surface area contributed by atoms with Crippen molar-refractivity contribution in [3.63, 3.8) is 0 Å². The van der Waals surface area contributed by atoms with Gasteiger partial charge in [0.25, 0.3) is 0 Å². The van der Waals surface area contributed by atoms with E-state index < -0.39 is 11.6 Å². The van der Waals surface area contributed by atoms with Gasteiger partial charge >= 0.3 is 0 Å². The first-order valence-electron chi connectivity index (χ1n) is 8.08. The van der Waals surface area contributed by atoms with Crippen molar-refractivity contribution < 1.29 is 13.6 Å². The van der Waals surface area contributed by atoms with Crippen molar-refractivity contribution in [2.24, 2.45) is 5.92 Å². The molecule has 1 amide bonds. The average molecular weight is 345 g/mol. The number of piperidine rings is 1. The van der Waals surface area contributed by atoms with Gasteiger partial charge in [0.15, 0.2) is 11.6 Å². The quantitative estimate of drug-likeness (QED) is 0.881. The molecule has 1 heterocycles. The number of carbonyl (C=O) groups excluding carboxylic acids is 1. The van der Waals surface area contributed by atoms with Gasteiger partial charge in [-0.15, -0.1) is 12.4 Å². The van der Waals surface area contributed by atoms with E-state index in [4.69, 9.17) is 0 Å². The van der Waals surface area contributed by atoms with Crippen molar-refractivity contribution in [1.82, 2.24) is 10.6 Å². The molecular formula is C17H23ClF2N2O. The summed E-state index contributed by atoms with van der Waals surface area (Å²) in [6.07, 6.45) is 4.90. The Hall–Kier alpha value is -1.20. The van der Waals surface area contributed by atoms with Crippen LogP contribution in [0.25, 0.3) is 0 Å². The predicted molar refractivity (Wildman–Crippen MR) is 87.7 cm³/mol. The number of hydrogen-bond acceptors (Lipinski definition) is 2. The van der Waals surface area contributed by atoms with E-state index in [1.807, 2.05) is 0 Å². The molecular weight excluding hydrogens is 322 g/mol. The summed E-state index contributed by atoms with van der Waals surface area (Å²) in [4.78, 5) is 12.1. The van der Waals surface area contributed by atoms with E-state index in [9.17, 15) is 13.6 Å². The van der Waals surface area contributed by atoms with E-state index >= 15 is 0 Å². The Morgan fingerprint density at radius 3 is 2.65 bits per heavy atom. The van der Waals surface area contributed by atoms with Crippen LogP contribution in [0.5, 0.6) is 0 Å². The third-order valence-corrected chi connectivity index (χ3v) is 4.90. The summed E-state index contributed by atoms with van der Waals surface area (Å²) in [7, 11) is 0. The summed E-state index contributed by atoms with van der Waals surface area (Å²) in [5, 5.41) is 6.35. The minimum absolute atomic E-state index is 0. The highest BCUT2D eigenvalue weighted by Crippen LogP contribution is 2.30. The minimum atomic E-state index is -0.830. The monoisotopic (exact) mass is 344 g/mol. The predicted octanol–water partition coefficient (Wildman–Crippen LogP) is 3.14. The standard InChI is InChI=1S/C17H22F2N2O.ClH/c18-14-5-4-12(9-15(14)19)13-6-7-20-10-16(13)21-17(22)8-11-2-1-3-11;/h4-5,9,11,13,16,20H,1-3,6-8,10H2,(H,21,22);1H. The van der Waals surface area contributed by atoms with Crippen molar-refractivity contribution in [3.05, 3.63) is 35.4 Å². The van der Waals surface area contributed by atoms with Gasteiger partial charge in [0.1, 0.15) is 0 Å². The summed E-state index contributed by atoms with van der Waals surface area (Å²) in [5.41, 5.74) is 0.759. The minimum Gasteiger partial charge on any atom is -0.351 e. The van der Waals surface area contributed by atoms with Crippen molar-refractivity contribution in [2.45, 2.75) is 44.1 Å². The molecule has 1 aliphatic carbocycles. The maximum Gasteiger partial charge on any atom is 0.220 e. The molecule has 1 aromatic carbocycles. The van der Waals surface area contributed by atoms with E-state index in [-0.39, 0.29) is 30.3 Å². The van der Waals surface area contributed by atoms with Crippen LogP contribution in [0.1, 0.15) is 43.6 Å². The zero-order valence-corrected chi connectivity index (χ0v) is 13.8. The molecule has 6 heteroatoms. The fourth-order valence-electron chi connectivity index (χ4n) is 3.38. The smallest absolute Gasteiger partial charge is 0.220 e. The molecule has 23 heavy (non-hydrogen) atoms. The Kier molecular flexibility index (Phi) is 6.36. The largest absolute Gasteiger partial charge is 0.351 e. The first kappa shape index (κ1) is 18.1. The number of nitrogens with one attached hydrogen (secondary N) is 2. The van der Waals surface area contributed by atoms with Crippen LogP contribution < -0.4 is 10.6 Å². The lowest BCUT2D eigenvalue weighted by molar-refractivity contribution is -0.123. The zero-order valence-electron chi connectivity index (χ0n) is 13.0. The van der Waals surface area contributed by atoms with Crippen LogP contribution in [0.4, 0.5) is 8.78 Å². The Morgan fingerprint density at radius 1 is 1.22 bits per heavy atom. The van der Waals surface area contributed by atoms with E-state index in [0.29, 0.717) is 18.9 Å². The van der Waals surface area contributed by atoms with Crippen LogP contribution in [-0.2, 0) is 4.79 Å². The first-order chi connectivity index (χ1) is 10.6. The second-order valence-corrected chi connectivity index (χ2v) is 6.45. The summed E-state index contributed by atoms with van der Waals surface area (Å²) < 4.78 is 26.6. The molecule has 2 N–H and O–H groups in total. The second kappa shape index (κ2) is 8.06. The van der Waals surface area contributed by atoms with E-state index in [0.717, 1.165) is 31.4 Å². The van der Waals surface area contributed by atoms with E-state index in [1.165, 1.54) is 18.6 Å². The Labute approximate surface area is 141 Å². The van der Waals surface area contributed by atoms with E-state index in [1.54, 1.807) is 6.07 Å². The summed E-state index contributed by atoms with van der Waals surface area (Å²) >= 11 is 0. The molecule has 1 saturated heterocycles. The van der Waals surface area contributed by atoms with Crippen molar-refractivity contribution in [1.29, 1.82) is 0 Å². The normalized spacial score (nSPS) is 24.4. The summed E-state index contributed by atoms with van der Waals surface area (Å²) in [5.74, 6) is -1.02. The fourth-order valence-corrected chi connectivity index (χ4v) is 3.38. The molecule has 3 rings (SSSR count). The number of hydrogen-bond donors (Lipinski definition) is 2. The van der Waals surface area contributed by atoms with Gasteiger partial charge < -0.3 is 10.6 Å². The molecule has 3 nitrogen and oxygen atoms in total. The lowest BCUT2D eigenvalue weighted by Gasteiger charge is -2.34. The van der Waals surface area contributed by atoms with Crippen LogP contribution in [0.15, 0.2) is 18.2 Å². The Balaban J connectivity index is 0.00000192. The number of rotatable bonds is 4. The number of halogens is 3. The van der Waals surface area contributed by atoms with Gasteiger partial charge in [0.05, 0.1) is 0 Å². The number of carbonyl (C=O) groups is 1. The molecule has 2 aliphatic rings. The first-order valence-corrected chi connectivity index (χ1v) is 8.08. The maximum absolute atomic E-state index is 13.5. The van der Waals surface area contributed by atoms with Gasteiger partial charge in [-0.3, -0.25) is 4.79 Å². The van der Waals surface area contributed by atoms with Crippen LogP contribution in [0.2, 0.25) is 0 Å². The molecule has 0 bridgehead atoms. The van der Waals surface area contributed by atoms with Gasteiger partial charge in [0, 0.05) is 24.9 Å². The van der Waals surface area contributed by atoms with Gasteiger partial charge in [0.2, 0.25) is 5.91 Å². The number of amides is 1. The molecule has 0 aromatic heterocycles. The summed E-state index contributed by atoms with van der Waals surface area (Å²) in [6.45, 7) is 1.48. The van der Waals surface area contributed by atoms with Crippen molar-refractivity contribution in [3.8, 4) is 0 Å². The molecule has 128 valence electrons. The van der Waals surface area contributed by atoms with Gasteiger partial charge in [-0.25, -0.2) is 8.78 Å². The third kappa shape index (κ3) is 4.42. The topological polar surface area (TPSA) is 41.1 Å². The molecule has 1 aliphatic heterocycles. The Morgan fingerprint density at radius 2 is 2.00 bits per heavy atom. The van der Waals surface area contributed by atoms with Crippen molar-refractivity contribution >= 4 is 18.3 Å². The fraction of sp³-hybridized carbons (Fsp3) is 0.588. The van der Waals surface area contributed by atoms with Gasteiger partial charge in [-0.2, -0.15) is 0 Å². The third-order valence-electron chi connectivity index (χ3n) is 4.90. The lowest BCUT2D eigenvalue weighted by atomic mass is 9.82. The highest BCUT2D eigenvalue weighted by molar-refractivity contribution is 5.85. The molecule has 0 spiro atoms. The molecule has 1 saturated carbocycles. The average Bonchev–Trinajstić information content (AvgIpc) is 2.47. The number of benzene rings is 1. The van der Waals surface area contributed by atoms with Crippen LogP contribution in [0.3, 0.4) is 0 Å². The molecule has 0 radical (unpaired) electrons. The Bertz CT molecular complexity index is 551.